The van der Waals surface area contributed by atoms with E-state index in [1.165, 1.54) is 7.11 Å². The predicted octanol–water partition coefficient (Wildman–Crippen LogP) is 3.18. The fourth-order valence-electron chi connectivity index (χ4n) is 2.18. The highest BCUT2D eigenvalue weighted by Gasteiger charge is 2.07. The summed E-state index contributed by atoms with van der Waals surface area (Å²) in [6.45, 7) is 0. The number of fused-ring (bicyclic) bond motifs is 2. The van der Waals surface area contributed by atoms with Gasteiger partial charge in [0.2, 0.25) is 0 Å². The van der Waals surface area contributed by atoms with Gasteiger partial charge in [-0.1, -0.05) is 6.07 Å². The number of aromatic nitrogens is 1. The standard InChI is InChI=1S/C16H13NO3/c1-19-13-5-6-14-12(8-13)7-10-3-4-11(16(18)20-2)9-15(10)17-14/h3-9H,1-2H3. The largest absolute Gasteiger partial charge is 0.497 e. The van der Waals surface area contributed by atoms with Crippen LogP contribution in [0.25, 0.3) is 21.8 Å². The van der Waals surface area contributed by atoms with Crippen molar-refractivity contribution < 1.29 is 14.3 Å². The SMILES string of the molecule is COC(=O)c1ccc2cc3cc(OC)ccc3nc2c1. The Morgan fingerprint density at radius 1 is 0.950 bits per heavy atom. The summed E-state index contributed by atoms with van der Waals surface area (Å²) in [6, 6.07) is 13.1. The molecule has 0 atom stereocenters. The summed E-state index contributed by atoms with van der Waals surface area (Å²) < 4.78 is 9.93. The van der Waals surface area contributed by atoms with Gasteiger partial charge in [-0.05, 0) is 36.4 Å². The van der Waals surface area contributed by atoms with Crippen LogP contribution in [0.5, 0.6) is 5.75 Å². The molecule has 0 spiro atoms. The van der Waals surface area contributed by atoms with Crippen LogP contribution in [0.3, 0.4) is 0 Å². The van der Waals surface area contributed by atoms with Crippen molar-refractivity contribution in [1.29, 1.82) is 0 Å². The zero-order valence-corrected chi connectivity index (χ0v) is 11.2. The van der Waals surface area contributed by atoms with Gasteiger partial charge in [-0.2, -0.15) is 0 Å². The molecule has 0 N–H and O–H groups in total. The number of nitrogens with zero attached hydrogens (tertiary/aromatic N) is 1. The molecule has 0 bridgehead atoms. The van der Waals surface area contributed by atoms with Gasteiger partial charge in [0.15, 0.2) is 0 Å². The third-order valence-electron chi connectivity index (χ3n) is 3.24. The Kier molecular flexibility index (Phi) is 2.99. The second-order valence-electron chi connectivity index (χ2n) is 4.45. The van der Waals surface area contributed by atoms with Crippen molar-refractivity contribution in [2.75, 3.05) is 14.2 Å². The number of methoxy groups -OCH3 is 2. The quantitative estimate of drug-likeness (QED) is 0.528. The summed E-state index contributed by atoms with van der Waals surface area (Å²) in [5, 5.41) is 1.97. The maximum Gasteiger partial charge on any atom is 0.337 e. The first-order valence-corrected chi connectivity index (χ1v) is 6.18. The molecule has 0 amide bonds. The van der Waals surface area contributed by atoms with Gasteiger partial charge in [0.25, 0.3) is 0 Å². The third-order valence-corrected chi connectivity index (χ3v) is 3.24. The van der Waals surface area contributed by atoms with Crippen LogP contribution in [0, 0.1) is 0 Å². The van der Waals surface area contributed by atoms with E-state index in [0.29, 0.717) is 5.56 Å². The maximum absolute atomic E-state index is 11.5. The number of rotatable bonds is 2. The predicted molar refractivity (Wildman–Crippen MR) is 77.1 cm³/mol. The van der Waals surface area contributed by atoms with E-state index < -0.39 is 0 Å². The van der Waals surface area contributed by atoms with Crippen molar-refractivity contribution in [2.24, 2.45) is 0 Å². The van der Waals surface area contributed by atoms with Gasteiger partial charge in [-0.25, -0.2) is 9.78 Å². The zero-order valence-electron chi connectivity index (χ0n) is 11.2. The van der Waals surface area contributed by atoms with E-state index in [9.17, 15) is 4.79 Å². The molecule has 0 unspecified atom stereocenters. The third kappa shape index (κ3) is 2.05. The molecule has 3 rings (SSSR count). The number of pyridine rings is 1. The molecular weight excluding hydrogens is 254 g/mol. The molecule has 0 aliphatic carbocycles. The van der Waals surface area contributed by atoms with Crippen LogP contribution in [-0.4, -0.2) is 25.2 Å². The summed E-state index contributed by atoms with van der Waals surface area (Å²) in [5.74, 6) is 0.438. The van der Waals surface area contributed by atoms with Crippen molar-refractivity contribution >= 4 is 27.8 Å². The van der Waals surface area contributed by atoms with Gasteiger partial charge in [0.05, 0.1) is 30.8 Å². The molecule has 1 aromatic heterocycles. The van der Waals surface area contributed by atoms with E-state index in [1.807, 2.05) is 30.3 Å². The Balaban J connectivity index is 2.21. The van der Waals surface area contributed by atoms with E-state index in [-0.39, 0.29) is 5.97 Å². The molecule has 1 heterocycles. The normalized spacial score (nSPS) is 10.7. The summed E-state index contributed by atoms with van der Waals surface area (Å²) >= 11 is 0. The average Bonchev–Trinajstić information content (AvgIpc) is 2.50. The second-order valence-corrected chi connectivity index (χ2v) is 4.45. The van der Waals surface area contributed by atoms with Crippen LogP contribution >= 0.6 is 0 Å². The van der Waals surface area contributed by atoms with Gasteiger partial charge in [-0.15, -0.1) is 0 Å². The molecule has 4 nitrogen and oxygen atoms in total. The summed E-state index contributed by atoms with van der Waals surface area (Å²) in [6.07, 6.45) is 0. The highest BCUT2D eigenvalue weighted by atomic mass is 16.5. The zero-order chi connectivity index (χ0) is 14.1. The number of hydrogen-bond acceptors (Lipinski definition) is 4. The minimum Gasteiger partial charge on any atom is -0.497 e. The Labute approximate surface area is 115 Å². The number of ether oxygens (including phenoxy) is 2. The first-order valence-electron chi connectivity index (χ1n) is 6.18. The fraction of sp³-hybridized carbons (Fsp3) is 0.125. The number of carbonyl (C=O) groups is 1. The van der Waals surface area contributed by atoms with Crippen LogP contribution in [0.1, 0.15) is 10.4 Å². The molecule has 0 saturated carbocycles. The van der Waals surface area contributed by atoms with Crippen LogP contribution in [0.2, 0.25) is 0 Å². The molecular formula is C16H13NO3. The Morgan fingerprint density at radius 2 is 1.80 bits per heavy atom. The molecule has 2 aromatic carbocycles. The van der Waals surface area contributed by atoms with Crippen molar-refractivity contribution in [3.8, 4) is 5.75 Å². The van der Waals surface area contributed by atoms with Crippen LogP contribution in [-0.2, 0) is 4.74 Å². The second kappa shape index (κ2) is 4.81. The van der Waals surface area contributed by atoms with Gasteiger partial charge in [0.1, 0.15) is 5.75 Å². The van der Waals surface area contributed by atoms with E-state index in [0.717, 1.165) is 27.6 Å². The number of esters is 1. The summed E-state index contributed by atoms with van der Waals surface area (Å²) in [4.78, 5) is 16.1. The smallest absolute Gasteiger partial charge is 0.337 e. The fourth-order valence-corrected chi connectivity index (χ4v) is 2.18. The van der Waals surface area contributed by atoms with E-state index in [4.69, 9.17) is 9.47 Å². The Hall–Kier alpha value is -2.62. The lowest BCUT2D eigenvalue weighted by molar-refractivity contribution is 0.0601. The minimum atomic E-state index is -0.358. The molecule has 0 radical (unpaired) electrons. The molecule has 0 aliphatic heterocycles. The van der Waals surface area contributed by atoms with Crippen LogP contribution in [0.4, 0.5) is 0 Å². The highest BCUT2D eigenvalue weighted by molar-refractivity contribution is 5.98. The summed E-state index contributed by atoms with van der Waals surface area (Å²) in [5.41, 5.74) is 2.13. The van der Waals surface area contributed by atoms with Crippen LogP contribution in [0.15, 0.2) is 42.5 Å². The molecule has 0 aliphatic rings. The van der Waals surface area contributed by atoms with E-state index in [1.54, 1.807) is 19.2 Å². The lowest BCUT2D eigenvalue weighted by Crippen LogP contribution is -2.00. The number of carbonyl (C=O) groups excluding carboxylic acids is 1. The van der Waals surface area contributed by atoms with Crippen molar-refractivity contribution in [3.63, 3.8) is 0 Å². The lowest BCUT2D eigenvalue weighted by atomic mass is 10.1. The first kappa shape index (κ1) is 12.4. The Morgan fingerprint density at radius 3 is 2.55 bits per heavy atom. The molecule has 20 heavy (non-hydrogen) atoms. The highest BCUT2D eigenvalue weighted by Crippen LogP contribution is 2.24. The molecule has 0 saturated heterocycles. The van der Waals surface area contributed by atoms with Crippen molar-refractivity contribution in [3.05, 3.63) is 48.0 Å². The molecule has 100 valence electrons. The van der Waals surface area contributed by atoms with Crippen molar-refractivity contribution in [2.45, 2.75) is 0 Å². The minimum absolute atomic E-state index is 0.358. The first-order chi connectivity index (χ1) is 9.71. The monoisotopic (exact) mass is 267 g/mol. The molecule has 4 heteroatoms. The van der Waals surface area contributed by atoms with E-state index in [2.05, 4.69) is 4.98 Å². The van der Waals surface area contributed by atoms with Gasteiger partial charge >= 0.3 is 5.97 Å². The summed E-state index contributed by atoms with van der Waals surface area (Å²) in [7, 11) is 3.00. The van der Waals surface area contributed by atoms with E-state index >= 15 is 0 Å². The van der Waals surface area contributed by atoms with Crippen molar-refractivity contribution in [1.82, 2.24) is 4.98 Å². The van der Waals surface area contributed by atoms with Gasteiger partial charge in [-0.3, -0.25) is 0 Å². The van der Waals surface area contributed by atoms with Gasteiger partial charge < -0.3 is 9.47 Å². The maximum atomic E-state index is 11.5. The molecule has 0 fully saturated rings. The number of benzene rings is 2. The van der Waals surface area contributed by atoms with Gasteiger partial charge in [0, 0.05) is 10.8 Å². The lowest BCUT2D eigenvalue weighted by Gasteiger charge is -2.05. The number of hydrogen-bond donors (Lipinski definition) is 0. The topological polar surface area (TPSA) is 48.4 Å². The molecule has 3 aromatic rings. The average molecular weight is 267 g/mol. The van der Waals surface area contributed by atoms with Crippen LogP contribution < -0.4 is 4.74 Å². The Bertz CT molecular complexity index is 811.